The first kappa shape index (κ1) is 16.2. The highest BCUT2D eigenvalue weighted by Crippen LogP contribution is 2.26. The summed E-state index contributed by atoms with van der Waals surface area (Å²) in [7, 11) is 0. The Bertz CT molecular complexity index is 1070. The molecule has 1 aromatic carbocycles. The van der Waals surface area contributed by atoms with Gasteiger partial charge in [-0.25, -0.2) is 4.79 Å². The highest BCUT2D eigenvalue weighted by atomic mass is 16.2. The second kappa shape index (κ2) is 6.21. The Labute approximate surface area is 148 Å². The molecule has 1 saturated heterocycles. The Kier molecular flexibility index (Phi) is 3.87. The summed E-state index contributed by atoms with van der Waals surface area (Å²) in [5.41, 5.74) is 2.41. The van der Waals surface area contributed by atoms with Crippen LogP contribution in [0.25, 0.3) is 5.69 Å². The molecule has 0 radical (unpaired) electrons. The van der Waals surface area contributed by atoms with Gasteiger partial charge in [0.2, 0.25) is 0 Å². The number of H-pyrrole nitrogens is 3. The number of hydrogen-bond acceptors (Lipinski definition) is 3. The van der Waals surface area contributed by atoms with Gasteiger partial charge in [0.15, 0.2) is 0 Å². The number of aromatic amines is 3. The van der Waals surface area contributed by atoms with Crippen molar-refractivity contribution >= 4 is 5.91 Å². The molecule has 8 nitrogen and oxygen atoms in total. The molecular formula is C18H19N5O3. The molecule has 134 valence electrons. The maximum atomic E-state index is 12.9. The molecule has 0 aliphatic carbocycles. The van der Waals surface area contributed by atoms with E-state index in [2.05, 4.69) is 15.2 Å². The first-order valence-electron chi connectivity index (χ1n) is 8.47. The first-order chi connectivity index (χ1) is 12.5. The standard InChI is InChI=1S/C18H19N5O3/c1-11-9-19-18(26)23(11)14-4-2-3-12(7-14)17(25)22-6-5-13(10-22)15-8-16(24)21-20-15/h2-4,7-9,13H,5-6,10H2,1H3,(H,19,26)(H2,20,21,24). The predicted octanol–water partition coefficient (Wildman–Crippen LogP) is 1.12. The number of benzene rings is 1. The second-order valence-corrected chi connectivity index (χ2v) is 6.57. The van der Waals surface area contributed by atoms with Gasteiger partial charge >= 0.3 is 5.69 Å². The van der Waals surface area contributed by atoms with Crippen molar-refractivity contribution in [2.24, 2.45) is 0 Å². The van der Waals surface area contributed by atoms with Gasteiger partial charge in [-0.05, 0) is 31.5 Å². The monoisotopic (exact) mass is 353 g/mol. The Morgan fingerprint density at radius 1 is 1.19 bits per heavy atom. The summed E-state index contributed by atoms with van der Waals surface area (Å²) in [6, 6.07) is 8.61. The number of imidazole rings is 1. The zero-order valence-electron chi connectivity index (χ0n) is 14.3. The molecule has 0 bridgehead atoms. The lowest BCUT2D eigenvalue weighted by Crippen LogP contribution is -2.28. The van der Waals surface area contributed by atoms with Gasteiger partial charge < -0.3 is 15.0 Å². The zero-order valence-corrected chi connectivity index (χ0v) is 14.3. The van der Waals surface area contributed by atoms with E-state index in [1.807, 2.05) is 6.92 Å². The van der Waals surface area contributed by atoms with E-state index in [-0.39, 0.29) is 23.1 Å². The van der Waals surface area contributed by atoms with Crippen LogP contribution in [-0.2, 0) is 0 Å². The van der Waals surface area contributed by atoms with Crippen LogP contribution >= 0.6 is 0 Å². The van der Waals surface area contributed by atoms with E-state index < -0.39 is 0 Å². The predicted molar refractivity (Wildman–Crippen MR) is 95.8 cm³/mol. The number of nitrogens with one attached hydrogen (secondary N) is 3. The van der Waals surface area contributed by atoms with Crippen LogP contribution in [0.4, 0.5) is 0 Å². The van der Waals surface area contributed by atoms with Crippen molar-refractivity contribution in [1.82, 2.24) is 24.6 Å². The summed E-state index contributed by atoms with van der Waals surface area (Å²) < 4.78 is 1.54. The highest BCUT2D eigenvalue weighted by molar-refractivity contribution is 5.95. The van der Waals surface area contributed by atoms with E-state index >= 15 is 0 Å². The van der Waals surface area contributed by atoms with Crippen LogP contribution < -0.4 is 11.2 Å². The fourth-order valence-corrected chi connectivity index (χ4v) is 3.50. The van der Waals surface area contributed by atoms with Crippen LogP contribution in [0.15, 0.2) is 46.1 Å². The van der Waals surface area contributed by atoms with Crippen LogP contribution in [0.3, 0.4) is 0 Å². The molecule has 1 aliphatic heterocycles. The molecule has 4 rings (SSSR count). The Hall–Kier alpha value is -3.29. The molecular weight excluding hydrogens is 334 g/mol. The normalized spacial score (nSPS) is 17.0. The first-order valence-corrected chi connectivity index (χ1v) is 8.47. The van der Waals surface area contributed by atoms with Crippen LogP contribution in [0, 0.1) is 6.92 Å². The summed E-state index contributed by atoms with van der Waals surface area (Å²) in [5.74, 6) is 0.0455. The van der Waals surface area contributed by atoms with Gasteiger partial charge in [0, 0.05) is 48.2 Å². The summed E-state index contributed by atoms with van der Waals surface area (Å²) >= 11 is 0. The Morgan fingerprint density at radius 2 is 2.04 bits per heavy atom. The van der Waals surface area contributed by atoms with Crippen LogP contribution in [0.5, 0.6) is 0 Å². The van der Waals surface area contributed by atoms with E-state index in [1.165, 1.54) is 4.57 Å². The average molecular weight is 353 g/mol. The van der Waals surface area contributed by atoms with Gasteiger partial charge in [0.25, 0.3) is 11.5 Å². The number of hydrogen-bond donors (Lipinski definition) is 3. The summed E-state index contributed by atoms with van der Waals surface area (Å²) in [5, 5.41) is 5.41. The lowest BCUT2D eigenvalue weighted by Gasteiger charge is -2.17. The van der Waals surface area contributed by atoms with E-state index in [0.29, 0.717) is 24.3 Å². The minimum atomic E-state index is -0.232. The van der Waals surface area contributed by atoms with Crippen LogP contribution in [-0.4, -0.2) is 43.6 Å². The topological polar surface area (TPSA) is 107 Å². The van der Waals surface area contributed by atoms with Gasteiger partial charge in [-0.3, -0.25) is 19.3 Å². The Balaban J connectivity index is 1.57. The SMILES string of the molecule is Cc1c[nH]c(=O)n1-c1cccc(C(=O)N2CCC(c3cc(=O)[nH][nH]3)C2)c1. The third-order valence-corrected chi connectivity index (χ3v) is 4.84. The second-order valence-electron chi connectivity index (χ2n) is 6.57. The molecule has 1 fully saturated rings. The summed E-state index contributed by atoms with van der Waals surface area (Å²) in [6.45, 7) is 3.01. The van der Waals surface area contributed by atoms with E-state index in [1.54, 1.807) is 41.4 Å². The number of rotatable bonds is 3. The van der Waals surface area contributed by atoms with Gasteiger partial charge in [-0.1, -0.05) is 6.07 Å². The van der Waals surface area contributed by atoms with Crippen molar-refractivity contribution in [3.63, 3.8) is 0 Å². The third-order valence-electron chi connectivity index (χ3n) is 4.84. The Morgan fingerprint density at radius 3 is 2.73 bits per heavy atom. The number of aromatic nitrogens is 4. The summed E-state index contributed by atoms with van der Waals surface area (Å²) in [6.07, 6.45) is 2.44. The van der Waals surface area contributed by atoms with Gasteiger partial charge in [0.1, 0.15) is 0 Å². The molecule has 8 heteroatoms. The van der Waals surface area contributed by atoms with Crippen molar-refractivity contribution in [1.29, 1.82) is 0 Å². The minimum absolute atomic E-state index is 0.0755. The molecule has 1 unspecified atom stereocenters. The lowest BCUT2D eigenvalue weighted by atomic mass is 10.1. The fraction of sp³-hybridized carbons (Fsp3) is 0.278. The molecule has 3 heterocycles. The maximum absolute atomic E-state index is 12.9. The van der Waals surface area contributed by atoms with Crippen LogP contribution in [0.2, 0.25) is 0 Å². The molecule has 0 spiro atoms. The van der Waals surface area contributed by atoms with Crippen molar-refractivity contribution in [3.8, 4) is 5.69 Å². The average Bonchev–Trinajstić information content (AvgIpc) is 3.35. The van der Waals surface area contributed by atoms with Gasteiger partial charge in [0.05, 0.1) is 5.69 Å². The highest BCUT2D eigenvalue weighted by Gasteiger charge is 2.29. The molecule has 1 atom stereocenters. The number of carbonyl (C=O) groups excluding carboxylic acids is 1. The lowest BCUT2D eigenvalue weighted by molar-refractivity contribution is 0.0790. The van der Waals surface area contributed by atoms with E-state index in [9.17, 15) is 14.4 Å². The molecule has 3 aromatic rings. The van der Waals surface area contributed by atoms with Crippen molar-refractivity contribution in [2.75, 3.05) is 13.1 Å². The fourth-order valence-electron chi connectivity index (χ4n) is 3.50. The van der Waals surface area contributed by atoms with Gasteiger partial charge in [-0.15, -0.1) is 0 Å². The van der Waals surface area contributed by atoms with Crippen molar-refractivity contribution in [2.45, 2.75) is 19.3 Å². The largest absolute Gasteiger partial charge is 0.338 e. The zero-order chi connectivity index (χ0) is 18.3. The number of amides is 1. The van der Waals surface area contributed by atoms with E-state index in [4.69, 9.17) is 0 Å². The summed E-state index contributed by atoms with van der Waals surface area (Å²) in [4.78, 5) is 40.5. The third kappa shape index (κ3) is 2.79. The number of likely N-dealkylation sites (tertiary alicyclic amines) is 1. The minimum Gasteiger partial charge on any atom is -0.338 e. The van der Waals surface area contributed by atoms with E-state index in [0.717, 1.165) is 17.8 Å². The molecule has 1 aliphatic rings. The van der Waals surface area contributed by atoms with Gasteiger partial charge in [-0.2, -0.15) is 0 Å². The quantitative estimate of drug-likeness (QED) is 0.657. The number of nitrogens with zero attached hydrogens (tertiary/aromatic N) is 2. The number of carbonyl (C=O) groups is 1. The smallest absolute Gasteiger partial charge is 0.330 e. The molecule has 26 heavy (non-hydrogen) atoms. The number of aryl methyl sites for hydroxylation is 1. The van der Waals surface area contributed by atoms with Crippen molar-refractivity contribution < 1.29 is 4.79 Å². The molecule has 3 N–H and O–H groups in total. The molecule has 0 saturated carbocycles. The molecule has 2 aromatic heterocycles. The van der Waals surface area contributed by atoms with Crippen molar-refractivity contribution in [3.05, 3.63) is 74.3 Å². The molecule has 1 amide bonds. The van der Waals surface area contributed by atoms with Crippen LogP contribution in [0.1, 0.15) is 34.1 Å². The maximum Gasteiger partial charge on any atom is 0.330 e.